The highest BCUT2D eigenvalue weighted by Gasteiger charge is 2.36. The summed E-state index contributed by atoms with van der Waals surface area (Å²) in [4.78, 5) is -0.800. The SMILES string of the molecule is O=S(=O)(Nc1ccc2ccccc2c1)c1ccccc1C(F)(F)F. The summed E-state index contributed by atoms with van der Waals surface area (Å²) < 4.78 is 66.1. The first-order valence-electron chi connectivity index (χ1n) is 6.95. The molecule has 0 saturated carbocycles. The van der Waals surface area contributed by atoms with E-state index in [-0.39, 0.29) is 5.69 Å². The third-order valence-corrected chi connectivity index (χ3v) is 4.92. The zero-order valence-corrected chi connectivity index (χ0v) is 13.0. The van der Waals surface area contributed by atoms with Gasteiger partial charge in [-0.05, 0) is 35.0 Å². The molecule has 0 saturated heterocycles. The Kier molecular flexibility index (Phi) is 3.96. The van der Waals surface area contributed by atoms with E-state index in [1.165, 1.54) is 12.1 Å². The number of anilines is 1. The highest BCUT2D eigenvalue weighted by atomic mass is 32.2. The average molecular weight is 351 g/mol. The standard InChI is InChI=1S/C17H12F3NO2S/c18-17(19,20)15-7-3-4-8-16(15)24(22,23)21-14-10-9-12-5-1-2-6-13(12)11-14/h1-11,21H. The number of alkyl halides is 3. The van der Waals surface area contributed by atoms with Gasteiger partial charge in [0.2, 0.25) is 0 Å². The molecule has 124 valence electrons. The summed E-state index contributed by atoms with van der Waals surface area (Å²) >= 11 is 0. The molecule has 3 aromatic carbocycles. The van der Waals surface area contributed by atoms with Crippen LogP contribution in [-0.2, 0) is 16.2 Å². The Morgan fingerprint density at radius 2 is 1.42 bits per heavy atom. The van der Waals surface area contributed by atoms with Crippen molar-refractivity contribution in [2.24, 2.45) is 0 Å². The van der Waals surface area contributed by atoms with Crippen molar-refractivity contribution in [3.05, 3.63) is 72.3 Å². The molecule has 24 heavy (non-hydrogen) atoms. The van der Waals surface area contributed by atoms with Crippen molar-refractivity contribution in [1.82, 2.24) is 0 Å². The van der Waals surface area contributed by atoms with Gasteiger partial charge in [-0.1, -0.05) is 42.5 Å². The topological polar surface area (TPSA) is 46.2 Å². The smallest absolute Gasteiger partial charge is 0.280 e. The second kappa shape index (κ2) is 5.83. The Balaban J connectivity index is 2.02. The number of sulfonamides is 1. The van der Waals surface area contributed by atoms with E-state index < -0.39 is 26.7 Å². The number of rotatable bonds is 3. The number of fused-ring (bicyclic) bond motifs is 1. The van der Waals surface area contributed by atoms with Crippen LogP contribution in [0.5, 0.6) is 0 Å². The Hall–Kier alpha value is -2.54. The van der Waals surface area contributed by atoms with Crippen molar-refractivity contribution in [2.75, 3.05) is 4.72 Å². The van der Waals surface area contributed by atoms with E-state index in [4.69, 9.17) is 0 Å². The maximum Gasteiger partial charge on any atom is 0.417 e. The van der Waals surface area contributed by atoms with Gasteiger partial charge in [0.25, 0.3) is 10.0 Å². The van der Waals surface area contributed by atoms with Gasteiger partial charge in [-0.2, -0.15) is 13.2 Å². The molecule has 0 heterocycles. The van der Waals surface area contributed by atoms with Gasteiger partial charge in [-0.15, -0.1) is 0 Å². The van der Waals surface area contributed by atoms with Crippen LogP contribution in [-0.4, -0.2) is 8.42 Å². The molecule has 0 atom stereocenters. The molecule has 0 amide bonds. The van der Waals surface area contributed by atoms with Gasteiger partial charge >= 0.3 is 6.18 Å². The first kappa shape index (κ1) is 16.3. The van der Waals surface area contributed by atoms with Gasteiger partial charge in [-0.3, -0.25) is 4.72 Å². The molecule has 3 aromatic rings. The molecule has 0 spiro atoms. The maximum absolute atomic E-state index is 13.0. The lowest BCUT2D eigenvalue weighted by molar-refractivity contribution is -0.139. The zero-order valence-electron chi connectivity index (χ0n) is 12.2. The number of halogens is 3. The minimum atomic E-state index is -4.76. The summed E-state index contributed by atoms with van der Waals surface area (Å²) in [6.07, 6.45) is -4.76. The minimum Gasteiger partial charge on any atom is -0.280 e. The van der Waals surface area contributed by atoms with E-state index in [0.717, 1.165) is 29.0 Å². The second-order valence-electron chi connectivity index (χ2n) is 5.16. The van der Waals surface area contributed by atoms with Crippen LogP contribution in [0.3, 0.4) is 0 Å². The van der Waals surface area contributed by atoms with Crippen LogP contribution in [0.2, 0.25) is 0 Å². The van der Waals surface area contributed by atoms with E-state index in [1.54, 1.807) is 24.3 Å². The summed E-state index contributed by atoms with van der Waals surface area (Å²) in [5, 5.41) is 1.68. The molecule has 0 aliphatic rings. The van der Waals surface area contributed by atoms with Crippen molar-refractivity contribution in [3.63, 3.8) is 0 Å². The van der Waals surface area contributed by atoms with Gasteiger partial charge in [0.15, 0.2) is 0 Å². The normalized spacial score (nSPS) is 12.3. The summed E-state index contributed by atoms with van der Waals surface area (Å²) in [6.45, 7) is 0. The molecule has 0 aliphatic carbocycles. The lowest BCUT2D eigenvalue weighted by atomic mass is 10.1. The Labute approximate surface area is 136 Å². The molecular weight excluding hydrogens is 339 g/mol. The Morgan fingerprint density at radius 1 is 0.792 bits per heavy atom. The van der Waals surface area contributed by atoms with Crippen molar-refractivity contribution in [3.8, 4) is 0 Å². The van der Waals surface area contributed by atoms with Gasteiger partial charge < -0.3 is 0 Å². The molecule has 0 unspecified atom stereocenters. The van der Waals surface area contributed by atoms with Crippen molar-refractivity contribution in [2.45, 2.75) is 11.1 Å². The van der Waals surface area contributed by atoms with E-state index in [2.05, 4.69) is 4.72 Å². The molecule has 0 bridgehead atoms. The summed E-state index contributed by atoms with van der Waals surface area (Å²) in [5.41, 5.74) is -0.996. The zero-order chi connectivity index (χ0) is 17.4. The first-order valence-corrected chi connectivity index (χ1v) is 8.43. The fraction of sp³-hybridized carbons (Fsp3) is 0.0588. The second-order valence-corrected chi connectivity index (χ2v) is 6.81. The predicted octanol–water partition coefficient (Wildman–Crippen LogP) is 4.66. The van der Waals surface area contributed by atoms with Gasteiger partial charge in [0, 0.05) is 5.69 Å². The molecule has 3 rings (SSSR count). The molecule has 0 radical (unpaired) electrons. The van der Waals surface area contributed by atoms with Crippen molar-refractivity contribution >= 4 is 26.5 Å². The van der Waals surface area contributed by atoms with Gasteiger partial charge in [0.05, 0.1) is 10.5 Å². The number of nitrogens with one attached hydrogen (secondary N) is 1. The largest absolute Gasteiger partial charge is 0.417 e. The average Bonchev–Trinajstić information content (AvgIpc) is 2.53. The maximum atomic E-state index is 13.0. The third-order valence-electron chi connectivity index (χ3n) is 3.48. The highest BCUT2D eigenvalue weighted by Crippen LogP contribution is 2.34. The lowest BCUT2D eigenvalue weighted by Gasteiger charge is -2.14. The number of hydrogen-bond donors (Lipinski definition) is 1. The van der Waals surface area contributed by atoms with Crippen LogP contribution in [0.4, 0.5) is 18.9 Å². The molecule has 0 aliphatic heterocycles. The number of benzene rings is 3. The Morgan fingerprint density at radius 3 is 2.12 bits per heavy atom. The minimum absolute atomic E-state index is 0.200. The third kappa shape index (κ3) is 3.21. The summed E-state index contributed by atoms with van der Waals surface area (Å²) in [6, 6.07) is 16.1. The molecule has 1 N–H and O–H groups in total. The Bertz CT molecular complexity index is 998. The fourth-order valence-electron chi connectivity index (χ4n) is 2.40. The monoisotopic (exact) mass is 351 g/mol. The molecular formula is C17H12F3NO2S. The quantitative estimate of drug-likeness (QED) is 0.746. The molecule has 7 heteroatoms. The van der Waals surface area contributed by atoms with Gasteiger partial charge in [-0.25, -0.2) is 8.42 Å². The first-order chi connectivity index (χ1) is 11.3. The van der Waals surface area contributed by atoms with Crippen LogP contribution in [0.25, 0.3) is 10.8 Å². The fourth-order valence-corrected chi connectivity index (χ4v) is 3.68. The van der Waals surface area contributed by atoms with Crippen LogP contribution in [0, 0.1) is 0 Å². The van der Waals surface area contributed by atoms with Crippen LogP contribution < -0.4 is 4.72 Å². The van der Waals surface area contributed by atoms with Crippen molar-refractivity contribution < 1.29 is 21.6 Å². The van der Waals surface area contributed by atoms with E-state index in [9.17, 15) is 21.6 Å². The van der Waals surface area contributed by atoms with E-state index >= 15 is 0 Å². The summed E-state index contributed by atoms with van der Waals surface area (Å²) in [5.74, 6) is 0. The molecule has 3 nitrogen and oxygen atoms in total. The number of hydrogen-bond acceptors (Lipinski definition) is 2. The van der Waals surface area contributed by atoms with Crippen molar-refractivity contribution in [1.29, 1.82) is 0 Å². The van der Waals surface area contributed by atoms with E-state index in [1.807, 2.05) is 12.1 Å². The summed E-state index contributed by atoms with van der Waals surface area (Å²) in [7, 11) is -4.37. The van der Waals surface area contributed by atoms with Gasteiger partial charge in [0.1, 0.15) is 0 Å². The van der Waals surface area contributed by atoms with E-state index in [0.29, 0.717) is 0 Å². The lowest BCUT2D eigenvalue weighted by Crippen LogP contribution is -2.18. The molecule has 0 aromatic heterocycles. The van der Waals surface area contributed by atoms with Crippen LogP contribution in [0.15, 0.2) is 71.6 Å². The highest BCUT2D eigenvalue weighted by molar-refractivity contribution is 7.92. The molecule has 0 fully saturated rings. The predicted molar refractivity (Wildman–Crippen MR) is 86.2 cm³/mol. The van der Waals surface area contributed by atoms with Crippen LogP contribution >= 0.6 is 0 Å². The van der Waals surface area contributed by atoms with Crippen LogP contribution in [0.1, 0.15) is 5.56 Å².